The van der Waals surface area contributed by atoms with Gasteiger partial charge in [0, 0.05) is 23.1 Å². The highest BCUT2D eigenvalue weighted by molar-refractivity contribution is 7.92. The van der Waals surface area contributed by atoms with Crippen LogP contribution in [0.3, 0.4) is 0 Å². The minimum Gasteiger partial charge on any atom is -0.283 e. The number of hydrogen-bond acceptors (Lipinski definition) is 6. The summed E-state index contributed by atoms with van der Waals surface area (Å²) in [7, 11) is -7.57. The highest BCUT2D eigenvalue weighted by Crippen LogP contribution is 2.19. The Morgan fingerprint density at radius 1 is 0.821 bits per heavy atom. The van der Waals surface area contributed by atoms with Gasteiger partial charge in [-0.1, -0.05) is 23.7 Å². The molecule has 1 heterocycles. The molecule has 0 saturated carbocycles. The van der Waals surface area contributed by atoms with E-state index in [0.717, 1.165) is 0 Å². The van der Waals surface area contributed by atoms with E-state index in [1.54, 1.807) is 30.3 Å². The molecule has 0 aliphatic rings. The molecule has 3 aromatic rings. The van der Waals surface area contributed by atoms with Crippen molar-refractivity contribution < 1.29 is 16.8 Å². The third kappa shape index (κ3) is 5.41. The highest BCUT2D eigenvalue weighted by atomic mass is 35.5. The van der Waals surface area contributed by atoms with Crippen LogP contribution in [-0.2, 0) is 25.8 Å². The van der Waals surface area contributed by atoms with Gasteiger partial charge in [-0.15, -0.1) is 0 Å². The van der Waals surface area contributed by atoms with Crippen molar-refractivity contribution >= 4 is 43.3 Å². The quantitative estimate of drug-likeness (QED) is 0.585. The van der Waals surface area contributed by atoms with E-state index in [1.807, 2.05) is 0 Å². The lowest BCUT2D eigenvalue weighted by molar-refractivity contribution is 0.599. The van der Waals surface area contributed by atoms with Crippen LogP contribution in [0.5, 0.6) is 0 Å². The number of aromatic nitrogens is 2. The lowest BCUT2D eigenvalue weighted by Crippen LogP contribution is -2.16. The first kappa shape index (κ1) is 20.1. The van der Waals surface area contributed by atoms with E-state index in [2.05, 4.69) is 19.4 Å². The van der Waals surface area contributed by atoms with Crippen LogP contribution in [-0.4, -0.2) is 26.8 Å². The van der Waals surface area contributed by atoms with Gasteiger partial charge >= 0.3 is 0 Å². The largest absolute Gasteiger partial charge is 0.283 e. The van der Waals surface area contributed by atoms with Crippen LogP contribution in [0, 0.1) is 0 Å². The van der Waals surface area contributed by atoms with E-state index < -0.39 is 20.0 Å². The van der Waals surface area contributed by atoms with Gasteiger partial charge < -0.3 is 0 Å². The predicted molar refractivity (Wildman–Crippen MR) is 107 cm³/mol. The summed E-state index contributed by atoms with van der Waals surface area (Å²) in [6.07, 6.45) is 2.81. The molecule has 11 heteroatoms. The average molecular weight is 439 g/mol. The Morgan fingerprint density at radius 3 is 2.04 bits per heavy atom. The van der Waals surface area contributed by atoms with Gasteiger partial charge in [0.2, 0.25) is 16.0 Å². The topological polar surface area (TPSA) is 118 Å². The van der Waals surface area contributed by atoms with Crippen molar-refractivity contribution in [1.29, 1.82) is 0 Å². The molecule has 1 aromatic heterocycles. The second-order valence-electron chi connectivity index (χ2n) is 5.69. The van der Waals surface area contributed by atoms with Crippen molar-refractivity contribution in [2.75, 3.05) is 9.44 Å². The summed E-state index contributed by atoms with van der Waals surface area (Å²) >= 11 is 5.79. The monoisotopic (exact) mass is 438 g/mol. The Kier molecular flexibility index (Phi) is 5.82. The van der Waals surface area contributed by atoms with E-state index in [9.17, 15) is 16.8 Å². The van der Waals surface area contributed by atoms with Crippen LogP contribution in [0.2, 0.25) is 5.02 Å². The second-order valence-corrected chi connectivity index (χ2v) is 9.53. The molecule has 0 fully saturated rings. The number of benzene rings is 2. The Balaban J connectivity index is 1.70. The second kappa shape index (κ2) is 8.13. The Hall–Kier alpha value is -2.69. The molecule has 0 unspecified atom stereocenters. The first-order chi connectivity index (χ1) is 13.2. The number of rotatable bonds is 7. The van der Waals surface area contributed by atoms with Crippen molar-refractivity contribution in [2.24, 2.45) is 0 Å². The molecule has 2 N–H and O–H groups in total. The van der Waals surface area contributed by atoms with Gasteiger partial charge in [0.05, 0.1) is 10.6 Å². The van der Waals surface area contributed by atoms with Crippen LogP contribution in [0.4, 0.5) is 11.6 Å². The summed E-state index contributed by atoms with van der Waals surface area (Å²) < 4.78 is 53.9. The molecule has 0 atom stereocenters. The number of halogens is 1. The fourth-order valence-electron chi connectivity index (χ4n) is 2.25. The highest BCUT2D eigenvalue weighted by Gasteiger charge is 2.17. The smallest absolute Gasteiger partial charge is 0.264 e. The molecule has 146 valence electrons. The maximum Gasteiger partial charge on any atom is 0.264 e. The summed E-state index contributed by atoms with van der Waals surface area (Å²) in [6, 6.07) is 13.3. The van der Waals surface area contributed by atoms with Gasteiger partial charge in [-0.05, 0) is 48.0 Å². The van der Waals surface area contributed by atoms with Crippen molar-refractivity contribution in [3.63, 3.8) is 0 Å². The Bertz CT molecular complexity index is 1150. The van der Waals surface area contributed by atoms with Crippen LogP contribution in [0.25, 0.3) is 0 Å². The number of nitrogens with one attached hydrogen (secondary N) is 2. The van der Waals surface area contributed by atoms with Crippen LogP contribution < -0.4 is 9.44 Å². The molecule has 0 aliphatic heterocycles. The molecule has 0 spiro atoms. The number of sulfonamides is 2. The summed E-state index contributed by atoms with van der Waals surface area (Å²) in [5.41, 5.74) is 0.812. The molecule has 0 bridgehead atoms. The van der Waals surface area contributed by atoms with Crippen molar-refractivity contribution in [3.05, 3.63) is 77.6 Å². The Morgan fingerprint density at radius 2 is 1.43 bits per heavy atom. The third-order valence-electron chi connectivity index (χ3n) is 3.50. The van der Waals surface area contributed by atoms with Crippen LogP contribution >= 0.6 is 11.6 Å². The zero-order valence-corrected chi connectivity index (χ0v) is 16.7. The van der Waals surface area contributed by atoms with Crippen molar-refractivity contribution in [1.82, 2.24) is 9.97 Å². The molecule has 28 heavy (non-hydrogen) atoms. The van der Waals surface area contributed by atoms with Gasteiger partial charge in [0.15, 0.2) is 0 Å². The van der Waals surface area contributed by atoms with E-state index in [0.29, 0.717) is 10.6 Å². The minimum atomic E-state index is -3.89. The molecule has 8 nitrogen and oxygen atoms in total. The summed E-state index contributed by atoms with van der Waals surface area (Å²) in [5.74, 6) is -0.299. The lowest BCUT2D eigenvalue weighted by atomic mass is 10.2. The van der Waals surface area contributed by atoms with E-state index in [4.69, 9.17) is 11.6 Å². The molecule has 0 radical (unpaired) electrons. The van der Waals surface area contributed by atoms with Gasteiger partial charge in [-0.25, -0.2) is 31.5 Å². The van der Waals surface area contributed by atoms with Gasteiger partial charge in [-0.3, -0.25) is 4.72 Å². The van der Waals surface area contributed by atoms with Gasteiger partial charge in [0.25, 0.3) is 10.0 Å². The van der Waals surface area contributed by atoms with Crippen LogP contribution in [0.1, 0.15) is 5.56 Å². The summed E-state index contributed by atoms with van der Waals surface area (Å²) in [5, 5.41) is 0.514. The first-order valence-corrected chi connectivity index (χ1v) is 11.4. The molecule has 0 saturated heterocycles. The van der Waals surface area contributed by atoms with Crippen LogP contribution in [0.15, 0.2) is 71.9 Å². The van der Waals surface area contributed by atoms with Gasteiger partial charge in [-0.2, -0.15) is 0 Å². The SMILES string of the molecule is O=S(=O)(Cc1ccc(Cl)cc1)Nc1ccc(S(=O)(=O)Nc2ncccn2)cc1. The molecule has 0 aliphatic carbocycles. The molecular formula is C17H15ClN4O4S2. The third-order valence-corrected chi connectivity index (χ3v) is 6.36. The van der Waals surface area contributed by atoms with Crippen molar-refractivity contribution in [2.45, 2.75) is 10.6 Å². The maximum absolute atomic E-state index is 12.3. The number of nitrogens with zero attached hydrogens (tertiary/aromatic N) is 2. The maximum atomic E-state index is 12.3. The fraction of sp³-hybridized carbons (Fsp3) is 0.0588. The minimum absolute atomic E-state index is 0.0550. The normalized spacial score (nSPS) is 11.8. The summed E-state index contributed by atoms with van der Waals surface area (Å²) in [6.45, 7) is 0. The zero-order valence-electron chi connectivity index (χ0n) is 14.3. The molecule has 2 aromatic carbocycles. The number of hydrogen-bond donors (Lipinski definition) is 2. The van der Waals surface area contributed by atoms with E-state index in [1.165, 1.54) is 36.7 Å². The molecular weight excluding hydrogens is 424 g/mol. The zero-order chi connectivity index (χ0) is 20.2. The number of anilines is 2. The lowest BCUT2D eigenvalue weighted by Gasteiger charge is -2.10. The van der Waals surface area contributed by atoms with Crippen molar-refractivity contribution in [3.8, 4) is 0 Å². The summed E-state index contributed by atoms with van der Waals surface area (Å²) in [4.78, 5) is 7.54. The van der Waals surface area contributed by atoms with E-state index in [-0.39, 0.29) is 22.3 Å². The average Bonchev–Trinajstić information content (AvgIpc) is 2.64. The standard InChI is InChI=1S/C17H15ClN4O4S2/c18-14-4-2-13(3-5-14)12-27(23,24)21-15-6-8-16(9-7-15)28(25,26)22-17-19-10-1-11-20-17/h1-11,21H,12H2,(H,19,20,22). The van der Waals surface area contributed by atoms with Gasteiger partial charge in [0.1, 0.15) is 0 Å². The molecule has 0 amide bonds. The first-order valence-electron chi connectivity index (χ1n) is 7.88. The molecule has 3 rings (SSSR count). The fourth-order valence-corrected chi connectivity index (χ4v) is 4.53. The van der Waals surface area contributed by atoms with E-state index >= 15 is 0 Å². The predicted octanol–water partition coefficient (Wildman–Crippen LogP) is 2.87. The Labute approximate surface area is 167 Å².